The summed E-state index contributed by atoms with van der Waals surface area (Å²) in [5, 5.41) is 7.93. The zero-order valence-corrected chi connectivity index (χ0v) is 12.2. The van der Waals surface area contributed by atoms with Crippen LogP contribution in [0.5, 0.6) is 0 Å². The first-order valence-electron chi connectivity index (χ1n) is 6.91. The lowest BCUT2D eigenvalue weighted by Crippen LogP contribution is -2.18. The molecule has 2 unspecified atom stereocenters. The first-order chi connectivity index (χ1) is 9.13. The number of furan rings is 1. The van der Waals surface area contributed by atoms with Crippen molar-refractivity contribution >= 4 is 0 Å². The molecule has 19 heavy (non-hydrogen) atoms. The molecule has 2 rings (SSSR count). The number of nitrogens with one attached hydrogen (secondary N) is 1. The van der Waals surface area contributed by atoms with Gasteiger partial charge in [0.15, 0.2) is 0 Å². The summed E-state index contributed by atoms with van der Waals surface area (Å²) < 4.78 is 7.72. The van der Waals surface area contributed by atoms with Crippen LogP contribution in [0.25, 0.3) is 0 Å². The lowest BCUT2D eigenvalue weighted by molar-refractivity contribution is 0.409. The summed E-state index contributed by atoms with van der Waals surface area (Å²) in [4.78, 5) is 0. The largest absolute Gasteiger partial charge is 0.465 e. The Balaban J connectivity index is 2.08. The molecule has 4 heteroatoms. The molecule has 0 amide bonds. The number of hydrogen-bond donors (Lipinski definition) is 1. The third kappa shape index (κ3) is 3.26. The van der Waals surface area contributed by atoms with E-state index in [0.29, 0.717) is 6.04 Å². The van der Waals surface area contributed by atoms with Crippen LogP contribution in [0.1, 0.15) is 49.6 Å². The quantitative estimate of drug-likeness (QED) is 0.868. The van der Waals surface area contributed by atoms with Crippen molar-refractivity contribution in [1.82, 2.24) is 15.1 Å². The van der Waals surface area contributed by atoms with Crippen LogP contribution in [0, 0.1) is 6.92 Å². The minimum Gasteiger partial charge on any atom is -0.465 e. The lowest BCUT2D eigenvalue weighted by Gasteiger charge is -2.12. The summed E-state index contributed by atoms with van der Waals surface area (Å²) in [5.41, 5.74) is 1.09. The van der Waals surface area contributed by atoms with Crippen molar-refractivity contribution in [1.29, 1.82) is 0 Å². The summed E-state index contributed by atoms with van der Waals surface area (Å²) in [5.74, 6) is 1.92. The van der Waals surface area contributed by atoms with Gasteiger partial charge in [0, 0.05) is 18.7 Å². The average molecular weight is 261 g/mol. The van der Waals surface area contributed by atoms with Crippen LogP contribution in [-0.2, 0) is 6.42 Å². The van der Waals surface area contributed by atoms with Crippen LogP contribution in [0.2, 0.25) is 0 Å². The number of rotatable bonds is 6. The van der Waals surface area contributed by atoms with Crippen molar-refractivity contribution in [2.75, 3.05) is 7.05 Å². The smallest absolute Gasteiger partial charge is 0.121 e. The van der Waals surface area contributed by atoms with Crippen LogP contribution >= 0.6 is 0 Å². The molecule has 2 aromatic heterocycles. The zero-order chi connectivity index (χ0) is 13.8. The molecule has 0 aliphatic heterocycles. The van der Waals surface area contributed by atoms with E-state index in [2.05, 4.69) is 36.5 Å². The minimum atomic E-state index is 0.175. The molecule has 0 fully saturated rings. The summed E-state index contributed by atoms with van der Waals surface area (Å²) in [6.07, 6.45) is 3.99. The molecule has 1 N–H and O–H groups in total. The Morgan fingerprint density at radius 3 is 2.74 bits per heavy atom. The highest BCUT2D eigenvalue weighted by Crippen LogP contribution is 2.20. The molecule has 2 heterocycles. The van der Waals surface area contributed by atoms with Crippen molar-refractivity contribution in [3.05, 3.63) is 41.6 Å². The van der Waals surface area contributed by atoms with Gasteiger partial charge in [0.25, 0.3) is 0 Å². The van der Waals surface area contributed by atoms with Crippen molar-refractivity contribution in [3.8, 4) is 0 Å². The molecular formula is C15H23N3O. The Morgan fingerprint density at radius 2 is 2.16 bits per heavy atom. The molecule has 4 nitrogen and oxygen atoms in total. The van der Waals surface area contributed by atoms with Crippen LogP contribution in [0.15, 0.2) is 28.8 Å². The van der Waals surface area contributed by atoms with Gasteiger partial charge in [-0.1, -0.05) is 6.92 Å². The monoisotopic (exact) mass is 261 g/mol. The summed E-state index contributed by atoms with van der Waals surface area (Å²) in [6, 6.07) is 6.74. The fourth-order valence-corrected chi connectivity index (χ4v) is 2.11. The fourth-order valence-electron chi connectivity index (χ4n) is 2.11. The van der Waals surface area contributed by atoms with Crippen LogP contribution in [-0.4, -0.2) is 16.8 Å². The Bertz CT molecular complexity index is 515. The van der Waals surface area contributed by atoms with Gasteiger partial charge in [0.2, 0.25) is 0 Å². The van der Waals surface area contributed by atoms with Gasteiger partial charge in [-0.15, -0.1) is 0 Å². The normalized spacial score (nSPS) is 14.5. The predicted octanol–water partition coefficient (Wildman–Crippen LogP) is 3.26. The molecule has 0 bridgehead atoms. The minimum absolute atomic E-state index is 0.175. The molecule has 0 aromatic carbocycles. The maximum atomic E-state index is 5.69. The lowest BCUT2D eigenvalue weighted by atomic mass is 10.1. The highest BCUT2D eigenvalue weighted by Gasteiger charge is 2.15. The number of hydrogen-bond acceptors (Lipinski definition) is 3. The van der Waals surface area contributed by atoms with E-state index in [1.165, 1.54) is 0 Å². The topological polar surface area (TPSA) is 43.0 Å². The van der Waals surface area contributed by atoms with E-state index < -0.39 is 0 Å². The predicted molar refractivity (Wildman–Crippen MR) is 76.2 cm³/mol. The highest BCUT2D eigenvalue weighted by molar-refractivity contribution is 5.13. The molecule has 0 aliphatic carbocycles. The molecule has 0 saturated heterocycles. The molecule has 0 radical (unpaired) electrons. The molecule has 104 valence electrons. The molecule has 0 spiro atoms. The number of aromatic nitrogens is 2. The number of aryl methyl sites for hydroxylation is 1. The summed E-state index contributed by atoms with van der Waals surface area (Å²) >= 11 is 0. The van der Waals surface area contributed by atoms with Crippen LogP contribution in [0.3, 0.4) is 0 Å². The van der Waals surface area contributed by atoms with Gasteiger partial charge in [-0.2, -0.15) is 5.10 Å². The van der Waals surface area contributed by atoms with Gasteiger partial charge in [-0.05, 0) is 45.5 Å². The third-order valence-corrected chi connectivity index (χ3v) is 3.57. The Labute approximate surface area is 114 Å². The van der Waals surface area contributed by atoms with Gasteiger partial charge in [0.05, 0.1) is 11.7 Å². The zero-order valence-electron chi connectivity index (χ0n) is 12.2. The molecule has 2 atom stereocenters. The van der Waals surface area contributed by atoms with Gasteiger partial charge in [-0.3, -0.25) is 4.68 Å². The molecule has 0 aliphatic rings. The van der Waals surface area contributed by atoms with Gasteiger partial charge >= 0.3 is 0 Å². The Morgan fingerprint density at radius 1 is 1.37 bits per heavy atom. The van der Waals surface area contributed by atoms with Crippen molar-refractivity contribution in [2.45, 2.75) is 45.7 Å². The summed E-state index contributed by atoms with van der Waals surface area (Å²) in [7, 11) is 1.95. The number of likely N-dealkylation sites (N-methyl/N-ethyl adjacent to an activating group) is 1. The van der Waals surface area contributed by atoms with Crippen LogP contribution in [0.4, 0.5) is 0 Å². The summed E-state index contributed by atoms with van der Waals surface area (Å²) in [6.45, 7) is 6.32. The van der Waals surface area contributed by atoms with Gasteiger partial charge in [-0.25, -0.2) is 0 Å². The van der Waals surface area contributed by atoms with Crippen LogP contribution < -0.4 is 5.32 Å². The molecule has 2 aromatic rings. The van der Waals surface area contributed by atoms with E-state index >= 15 is 0 Å². The SMILES string of the molecule is CCC(C)n1ccc(CC(NC)c2ccc(C)o2)n1. The molecule has 0 saturated carbocycles. The highest BCUT2D eigenvalue weighted by atomic mass is 16.3. The first kappa shape index (κ1) is 13.9. The number of nitrogens with zero attached hydrogens (tertiary/aromatic N) is 2. The molecular weight excluding hydrogens is 238 g/mol. The Hall–Kier alpha value is -1.55. The second-order valence-corrected chi connectivity index (χ2v) is 5.04. The fraction of sp³-hybridized carbons (Fsp3) is 0.533. The standard InChI is InChI=1S/C15H23N3O/c1-5-11(2)18-9-8-13(17-18)10-14(16-4)15-7-6-12(3)19-15/h6-9,11,14,16H,5,10H2,1-4H3. The van der Waals surface area contributed by atoms with E-state index in [1.54, 1.807) is 0 Å². The second-order valence-electron chi connectivity index (χ2n) is 5.04. The van der Waals surface area contributed by atoms with E-state index in [-0.39, 0.29) is 6.04 Å². The maximum Gasteiger partial charge on any atom is 0.121 e. The van der Waals surface area contributed by atoms with E-state index in [0.717, 1.165) is 30.1 Å². The van der Waals surface area contributed by atoms with E-state index in [4.69, 9.17) is 4.42 Å². The van der Waals surface area contributed by atoms with Crippen molar-refractivity contribution in [2.24, 2.45) is 0 Å². The average Bonchev–Trinajstić information content (AvgIpc) is 3.04. The maximum absolute atomic E-state index is 5.69. The van der Waals surface area contributed by atoms with Gasteiger partial charge in [0.1, 0.15) is 11.5 Å². The van der Waals surface area contributed by atoms with E-state index in [1.807, 2.05) is 30.8 Å². The van der Waals surface area contributed by atoms with Gasteiger partial charge < -0.3 is 9.73 Å². The Kier molecular flexibility index (Phi) is 4.43. The van der Waals surface area contributed by atoms with E-state index in [9.17, 15) is 0 Å². The van der Waals surface area contributed by atoms with Crippen molar-refractivity contribution < 1.29 is 4.42 Å². The van der Waals surface area contributed by atoms with Crippen molar-refractivity contribution in [3.63, 3.8) is 0 Å². The third-order valence-electron chi connectivity index (χ3n) is 3.57. The first-order valence-corrected chi connectivity index (χ1v) is 6.91. The second kappa shape index (κ2) is 6.06.